The molecule has 0 spiro atoms. The van der Waals surface area contributed by atoms with Gasteiger partial charge in [0.25, 0.3) is 0 Å². The van der Waals surface area contributed by atoms with Crippen molar-refractivity contribution < 1.29 is 29.2 Å². The van der Waals surface area contributed by atoms with Crippen LogP contribution in [0, 0.1) is 25.2 Å². The summed E-state index contributed by atoms with van der Waals surface area (Å²) in [5.41, 5.74) is 4.98. The zero-order valence-corrected chi connectivity index (χ0v) is 22.6. The monoisotopic (exact) mass is 521 g/mol. The van der Waals surface area contributed by atoms with Crippen molar-refractivity contribution >= 4 is 0 Å². The molecule has 2 aromatic rings. The molecule has 2 N–H and O–H groups in total. The Morgan fingerprint density at radius 1 is 1.21 bits per heavy atom. The van der Waals surface area contributed by atoms with E-state index in [-0.39, 0.29) is 31.2 Å². The largest absolute Gasteiger partial charge is 0.504 e. The molecule has 5 rings (SSSR count). The highest BCUT2D eigenvalue weighted by Gasteiger charge is 2.50. The fourth-order valence-electron chi connectivity index (χ4n) is 6.69. The molecule has 3 heterocycles. The number of phenols is 1. The van der Waals surface area contributed by atoms with E-state index < -0.39 is 12.1 Å². The number of ether oxygens (including phenoxy) is 4. The second-order valence-corrected chi connectivity index (χ2v) is 10.3. The zero-order valence-electron chi connectivity index (χ0n) is 22.6. The van der Waals surface area contributed by atoms with Gasteiger partial charge in [-0.3, -0.25) is 4.90 Å². The van der Waals surface area contributed by atoms with Gasteiger partial charge in [-0.15, -0.1) is 0 Å². The van der Waals surface area contributed by atoms with Gasteiger partial charge in [0.05, 0.1) is 31.9 Å². The summed E-state index contributed by atoms with van der Waals surface area (Å²) < 4.78 is 23.6. The van der Waals surface area contributed by atoms with Gasteiger partial charge in [0.1, 0.15) is 18.4 Å². The molecule has 0 bridgehead atoms. The number of fused-ring (bicyclic) bond motifs is 5. The van der Waals surface area contributed by atoms with Gasteiger partial charge < -0.3 is 34.1 Å². The summed E-state index contributed by atoms with van der Waals surface area (Å²) in [4.78, 5) is 4.16. The van der Waals surface area contributed by atoms with Crippen LogP contribution in [0.15, 0.2) is 18.7 Å². The number of hydrogen-bond donors (Lipinski definition) is 2. The van der Waals surface area contributed by atoms with Gasteiger partial charge >= 0.3 is 0 Å². The molecule has 0 amide bonds. The molecule has 202 valence electrons. The molecular weight excluding hydrogens is 486 g/mol. The highest BCUT2D eigenvalue weighted by atomic mass is 16.7. The van der Waals surface area contributed by atoms with E-state index in [1.165, 1.54) is 0 Å². The number of aliphatic hydroxyl groups is 1. The number of rotatable bonds is 6. The molecule has 2 aromatic carbocycles. The van der Waals surface area contributed by atoms with Crippen molar-refractivity contribution in [1.29, 1.82) is 5.26 Å². The minimum absolute atomic E-state index is 0.0789. The van der Waals surface area contributed by atoms with Crippen LogP contribution in [0.4, 0.5) is 0 Å². The van der Waals surface area contributed by atoms with Crippen molar-refractivity contribution in [2.24, 2.45) is 0 Å². The number of aryl methyl sites for hydroxylation is 1. The summed E-state index contributed by atoms with van der Waals surface area (Å²) in [7, 11) is 5.48. The summed E-state index contributed by atoms with van der Waals surface area (Å²) in [6.07, 6.45) is 2.59. The Bertz CT molecular complexity index is 1320. The Labute approximate surface area is 223 Å². The quantitative estimate of drug-likeness (QED) is 0.554. The predicted octanol–water partition coefficient (Wildman–Crippen LogP) is 3.32. The summed E-state index contributed by atoms with van der Waals surface area (Å²) in [6.45, 7) is 7.79. The minimum Gasteiger partial charge on any atom is -0.504 e. The van der Waals surface area contributed by atoms with E-state index in [1.807, 2.05) is 34.0 Å². The third-order valence-electron chi connectivity index (χ3n) is 8.05. The van der Waals surface area contributed by atoms with Crippen LogP contribution >= 0.6 is 0 Å². The lowest BCUT2D eigenvalue weighted by molar-refractivity contribution is 0.0139. The summed E-state index contributed by atoms with van der Waals surface area (Å²) in [5.74, 6) is 2.41. The second-order valence-electron chi connectivity index (χ2n) is 10.3. The lowest BCUT2D eigenvalue weighted by Gasteiger charge is -2.48. The number of nitrogens with zero attached hydrogens (tertiary/aromatic N) is 3. The van der Waals surface area contributed by atoms with Crippen molar-refractivity contribution in [3.05, 3.63) is 52.1 Å². The van der Waals surface area contributed by atoms with Crippen molar-refractivity contribution in [1.82, 2.24) is 9.80 Å². The predicted molar refractivity (Wildman–Crippen MR) is 141 cm³/mol. The van der Waals surface area contributed by atoms with E-state index in [4.69, 9.17) is 18.9 Å². The van der Waals surface area contributed by atoms with Crippen molar-refractivity contribution in [3.63, 3.8) is 0 Å². The Balaban J connectivity index is 1.80. The van der Waals surface area contributed by atoms with E-state index in [0.29, 0.717) is 42.4 Å². The molecule has 1 unspecified atom stereocenters. The minimum atomic E-state index is -0.557. The number of methoxy groups -OCH3 is 1. The number of nitriles is 1. The number of benzene rings is 2. The average molecular weight is 522 g/mol. The van der Waals surface area contributed by atoms with Crippen molar-refractivity contribution in [2.45, 2.75) is 50.9 Å². The molecule has 38 heavy (non-hydrogen) atoms. The van der Waals surface area contributed by atoms with Crippen molar-refractivity contribution in [3.8, 4) is 34.8 Å². The van der Waals surface area contributed by atoms with E-state index in [1.54, 1.807) is 13.2 Å². The van der Waals surface area contributed by atoms with Crippen LogP contribution in [0.3, 0.4) is 0 Å². The SMILES string of the molecule is C=CCOc1c(C)c2c(c3c1CC1[C@@H](N(C)C)c4c(cc(C)c(OC)c4O)C[C@H](C#N)N1[C@H]3CO)OCO2. The van der Waals surface area contributed by atoms with Crippen LogP contribution in [-0.2, 0) is 12.8 Å². The summed E-state index contributed by atoms with van der Waals surface area (Å²) >= 11 is 0. The van der Waals surface area contributed by atoms with E-state index in [0.717, 1.165) is 33.4 Å². The fourth-order valence-corrected chi connectivity index (χ4v) is 6.69. The molecule has 3 aliphatic heterocycles. The van der Waals surface area contributed by atoms with Gasteiger partial charge in [-0.1, -0.05) is 18.7 Å². The Kier molecular flexibility index (Phi) is 6.90. The van der Waals surface area contributed by atoms with E-state index in [2.05, 4.69) is 22.4 Å². The maximum absolute atomic E-state index is 11.5. The molecule has 9 heteroatoms. The van der Waals surface area contributed by atoms with Crippen LogP contribution in [0.1, 0.15) is 45.5 Å². The first kappa shape index (κ1) is 26.2. The van der Waals surface area contributed by atoms with Gasteiger partial charge in [-0.05, 0) is 45.5 Å². The molecule has 4 atom stereocenters. The molecule has 0 saturated carbocycles. The third kappa shape index (κ3) is 3.78. The van der Waals surface area contributed by atoms with Gasteiger partial charge in [0.15, 0.2) is 23.0 Å². The van der Waals surface area contributed by atoms with E-state index in [9.17, 15) is 15.5 Å². The first-order valence-corrected chi connectivity index (χ1v) is 12.8. The number of phenolic OH excluding ortho intramolecular Hbond substituents is 1. The maximum Gasteiger partial charge on any atom is 0.231 e. The molecule has 3 aliphatic rings. The number of aromatic hydroxyl groups is 1. The van der Waals surface area contributed by atoms with Crippen molar-refractivity contribution in [2.75, 3.05) is 41.2 Å². The van der Waals surface area contributed by atoms with Crippen LogP contribution in [0.2, 0.25) is 0 Å². The molecule has 0 radical (unpaired) electrons. The fraction of sp³-hybridized carbons (Fsp3) is 0.483. The van der Waals surface area contributed by atoms with Crippen LogP contribution < -0.4 is 18.9 Å². The standard InChI is InChI=1S/C29H35N3O6/c1-7-8-36-27-16(3)28-29(38-14-37-28)23-19(27)11-20-24(31(4)5)22-17(9-15(2)26(35-6)25(22)34)10-18(12-30)32(20)21(23)13-33/h7,9,18,20-21,24,33-34H,1,8,10-11,13-14H2,2-6H3/t18-,20?,21+,24-/m1/s1. The highest BCUT2D eigenvalue weighted by Crippen LogP contribution is 2.56. The van der Waals surface area contributed by atoms with Gasteiger partial charge in [0.2, 0.25) is 6.79 Å². The second kappa shape index (κ2) is 10.0. The molecule has 9 nitrogen and oxygen atoms in total. The van der Waals surface area contributed by atoms with Gasteiger partial charge in [-0.2, -0.15) is 5.26 Å². The van der Waals surface area contributed by atoms with Gasteiger partial charge in [-0.25, -0.2) is 0 Å². The van der Waals surface area contributed by atoms with Gasteiger partial charge in [0, 0.05) is 34.7 Å². The lowest BCUT2D eigenvalue weighted by atomic mass is 9.80. The Morgan fingerprint density at radius 3 is 2.58 bits per heavy atom. The first-order chi connectivity index (χ1) is 18.3. The summed E-state index contributed by atoms with van der Waals surface area (Å²) in [5, 5.41) is 32.8. The van der Waals surface area contributed by atoms with Crippen LogP contribution in [0.25, 0.3) is 0 Å². The number of aliphatic hydroxyl groups excluding tert-OH is 1. The van der Waals surface area contributed by atoms with Crippen LogP contribution in [0.5, 0.6) is 28.7 Å². The lowest BCUT2D eigenvalue weighted by Crippen LogP contribution is -2.54. The smallest absolute Gasteiger partial charge is 0.231 e. The maximum atomic E-state index is 11.5. The molecule has 0 aliphatic carbocycles. The molecular formula is C29H35N3O6. The first-order valence-electron chi connectivity index (χ1n) is 12.8. The topological polar surface area (TPSA) is 108 Å². The highest BCUT2D eigenvalue weighted by molar-refractivity contribution is 5.66. The number of hydrogen-bond acceptors (Lipinski definition) is 9. The Hall–Kier alpha value is -3.45. The third-order valence-corrected chi connectivity index (χ3v) is 8.05. The average Bonchev–Trinajstić information content (AvgIpc) is 3.33. The normalized spacial score (nSPS) is 23.6. The molecule has 0 saturated heterocycles. The summed E-state index contributed by atoms with van der Waals surface area (Å²) in [6, 6.07) is 2.82. The number of likely N-dealkylation sites (N-methyl/N-ethyl adjacent to an activating group) is 1. The van der Waals surface area contributed by atoms with E-state index >= 15 is 0 Å². The van der Waals surface area contributed by atoms with Crippen LogP contribution in [-0.4, -0.2) is 73.3 Å². The molecule has 0 fully saturated rings. The Morgan fingerprint density at radius 2 is 1.95 bits per heavy atom. The zero-order chi connectivity index (χ0) is 27.3. The molecule has 0 aromatic heterocycles.